The van der Waals surface area contributed by atoms with E-state index >= 15 is 0 Å². The van der Waals surface area contributed by atoms with E-state index in [1.165, 1.54) is 11.1 Å². The highest BCUT2D eigenvalue weighted by atomic mass is 15.1. The Labute approximate surface area is 325 Å². The molecule has 10 aromatic rings. The average Bonchev–Trinajstić information content (AvgIpc) is 3.84. The van der Waals surface area contributed by atoms with Crippen LogP contribution in [0.5, 0.6) is 0 Å². The minimum atomic E-state index is 0.847. The number of benzene rings is 6. The molecule has 0 radical (unpaired) electrons. The molecule has 0 atom stereocenters. The molecule has 0 aliphatic carbocycles. The first-order valence-electron chi connectivity index (χ1n) is 18.8. The third-order valence-electron chi connectivity index (χ3n) is 10.6. The van der Waals surface area contributed by atoms with E-state index in [1.807, 2.05) is 36.7 Å². The van der Waals surface area contributed by atoms with Crippen molar-refractivity contribution in [3.63, 3.8) is 0 Å². The lowest BCUT2D eigenvalue weighted by Gasteiger charge is -2.13. The van der Waals surface area contributed by atoms with Gasteiger partial charge in [0.1, 0.15) is 22.7 Å². The third-order valence-corrected chi connectivity index (χ3v) is 10.6. The van der Waals surface area contributed by atoms with Gasteiger partial charge in [-0.25, -0.2) is 19.9 Å². The molecule has 0 saturated carbocycles. The lowest BCUT2D eigenvalue weighted by molar-refractivity contribution is 1.06. The van der Waals surface area contributed by atoms with E-state index in [0.29, 0.717) is 0 Å². The second-order valence-electron chi connectivity index (χ2n) is 14.1. The van der Waals surface area contributed by atoms with Crippen LogP contribution in [0.1, 0.15) is 11.1 Å². The van der Waals surface area contributed by atoms with E-state index in [1.54, 1.807) is 0 Å². The fraction of sp³-hybridized carbons (Fsp3) is 0.0400. The highest BCUT2D eigenvalue weighted by Crippen LogP contribution is 2.35. The highest BCUT2D eigenvalue weighted by Gasteiger charge is 2.18. The molecule has 4 aromatic heterocycles. The zero-order valence-corrected chi connectivity index (χ0v) is 31.0. The van der Waals surface area contributed by atoms with Crippen molar-refractivity contribution in [3.8, 4) is 67.5 Å². The fourth-order valence-corrected chi connectivity index (χ4v) is 7.68. The average molecular weight is 721 g/mol. The normalized spacial score (nSPS) is 11.4. The topological polar surface area (TPSA) is 61.4 Å². The molecule has 0 N–H and O–H groups in total. The van der Waals surface area contributed by atoms with Crippen molar-refractivity contribution in [1.82, 2.24) is 29.1 Å². The van der Waals surface area contributed by atoms with Gasteiger partial charge in [-0.05, 0) is 107 Å². The summed E-state index contributed by atoms with van der Waals surface area (Å²) in [6.45, 7) is 4.25. The Kier molecular flexibility index (Phi) is 8.15. The molecule has 4 heterocycles. The number of pyridine rings is 2. The Morgan fingerprint density at radius 1 is 0.339 bits per heavy atom. The van der Waals surface area contributed by atoms with Gasteiger partial charge in [-0.2, -0.15) is 0 Å². The number of imidazole rings is 2. The second kappa shape index (κ2) is 13.8. The van der Waals surface area contributed by atoms with E-state index in [2.05, 4.69) is 169 Å². The summed E-state index contributed by atoms with van der Waals surface area (Å²) in [5.41, 5.74) is 16.9. The zero-order chi connectivity index (χ0) is 37.6. The van der Waals surface area contributed by atoms with E-state index in [0.717, 1.165) is 89.9 Å². The van der Waals surface area contributed by atoms with Gasteiger partial charge in [0.2, 0.25) is 0 Å². The van der Waals surface area contributed by atoms with Crippen LogP contribution in [0.3, 0.4) is 0 Å². The van der Waals surface area contributed by atoms with Crippen molar-refractivity contribution in [2.24, 2.45) is 0 Å². The van der Waals surface area contributed by atoms with Crippen LogP contribution in [0.2, 0.25) is 0 Å². The molecule has 6 heteroatoms. The minimum Gasteiger partial charge on any atom is -0.276 e. The van der Waals surface area contributed by atoms with Crippen LogP contribution in [0.4, 0.5) is 0 Å². The van der Waals surface area contributed by atoms with Crippen LogP contribution >= 0.6 is 0 Å². The molecular weight excluding hydrogens is 685 g/mol. The predicted molar refractivity (Wildman–Crippen MR) is 228 cm³/mol. The summed E-state index contributed by atoms with van der Waals surface area (Å²) in [6, 6.07) is 59.6. The Morgan fingerprint density at radius 3 is 1.23 bits per heavy atom. The summed E-state index contributed by atoms with van der Waals surface area (Å²) >= 11 is 0. The van der Waals surface area contributed by atoms with Gasteiger partial charge in [0.25, 0.3) is 0 Å². The van der Waals surface area contributed by atoms with Gasteiger partial charge in [0, 0.05) is 23.5 Å². The zero-order valence-electron chi connectivity index (χ0n) is 31.0. The third kappa shape index (κ3) is 5.85. The lowest BCUT2D eigenvalue weighted by Crippen LogP contribution is -2.01. The van der Waals surface area contributed by atoms with Crippen molar-refractivity contribution in [3.05, 3.63) is 193 Å². The van der Waals surface area contributed by atoms with Gasteiger partial charge in [-0.15, -0.1) is 0 Å². The molecule has 0 aliphatic heterocycles. The standard InChI is InChI=1S/C50H36N6/c1-33-11-3-5-19-45(33)55-47(53-43-17-9-29-51-49(43)55)38-27-25-36(26-28-38)35-21-23-37(24-22-35)39-13-7-14-40(31-39)41-15-8-16-42(32-41)48-54-44-18-10-30-52-50(44)56(48)46-20-6-4-12-34(46)2/h3-32H,1-2H3. The molecule has 6 aromatic carbocycles. The van der Waals surface area contributed by atoms with Gasteiger partial charge in [0.15, 0.2) is 11.3 Å². The van der Waals surface area contributed by atoms with E-state index in [9.17, 15) is 0 Å². The maximum atomic E-state index is 5.08. The molecular formula is C50H36N6. The summed E-state index contributed by atoms with van der Waals surface area (Å²) in [6.07, 6.45) is 3.66. The molecule has 0 bridgehead atoms. The first kappa shape index (κ1) is 33.2. The molecule has 0 spiro atoms. The van der Waals surface area contributed by atoms with Crippen LogP contribution in [-0.4, -0.2) is 29.1 Å². The summed E-state index contributed by atoms with van der Waals surface area (Å²) in [5.74, 6) is 1.75. The van der Waals surface area contributed by atoms with Gasteiger partial charge in [-0.3, -0.25) is 9.13 Å². The van der Waals surface area contributed by atoms with Gasteiger partial charge < -0.3 is 0 Å². The number of rotatable bonds is 7. The number of nitrogens with zero attached hydrogens (tertiary/aromatic N) is 6. The number of hydrogen-bond acceptors (Lipinski definition) is 4. The van der Waals surface area contributed by atoms with Crippen molar-refractivity contribution in [1.29, 1.82) is 0 Å². The van der Waals surface area contributed by atoms with Crippen molar-refractivity contribution in [2.75, 3.05) is 0 Å². The van der Waals surface area contributed by atoms with E-state index < -0.39 is 0 Å². The van der Waals surface area contributed by atoms with E-state index in [-0.39, 0.29) is 0 Å². The number of hydrogen-bond donors (Lipinski definition) is 0. The molecule has 0 fully saturated rings. The highest BCUT2D eigenvalue weighted by molar-refractivity contribution is 5.84. The van der Waals surface area contributed by atoms with Gasteiger partial charge in [-0.1, -0.05) is 121 Å². The summed E-state index contributed by atoms with van der Waals surface area (Å²) < 4.78 is 4.34. The summed E-state index contributed by atoms with van der Waals surface area (Å²) in [7, 11) is 0. The molecule has 6 nitrogen and oxygen atoms in total. The van der Waals surface area contributed by atoms with Crippen molar-refractivity contribution >= 4 is 22.3 Å². The molecule has 10 rings (SSSR count). The van der Waals surface area contributed by atoms with Crippen LogP contribution in [0.15, 0.2) is 182 Å². The molecule has 266 valence electrons. The smallest absolute Gasteiger partial charge is 0.164 e. The number of para-hydroxylation sites is 2. The summed E-state index contributed by atoms with van der Waals surface area (Å²) in [5, 5.41) is 0. The van der Waals surface area contributed by atoms with Crippen LogP contribution in [-0.2, 0) is 0 Å². The second-order valence-corrected chi connectivity index (χ2v) is 14.1. The largest absolute Gasteiger partial charge is 0.276 e. The molecule has 0 aliphatic rings. The fourth-order valence-electron chi connectivity index (χ4n) is 7.68. The summed E-state index contributed by atoms with van der Waals surface area (Å²) in [4.78, 5) is 19.5. The van der Waals surface area contributed by atoms with Gasteiger partial charge in [0.05, 0.1) is 11.4 Å². The Bertz CT molecular complexity index is 3040. The Morgan fingerprint density at radius 2 is 0.732 bits per heavy atom. The van der Waals surface area contributed by atoms with Gasteiger partial charge >= 0.3 is 0 Å². The molecule has 56 heavy (non-hydrogen) atoms. The first-order chi connectivity index (χ1) is 27.6. The molecule has 0 saturated heterocycles. The monoisotopic (exact) mass is 720 g/mol. The quantitative estimate of drug-likeness (QED) is 0.164. The Balaban J connectivity index is 0.942. The SMILES string of the molecule is Cc1ccccc1-n1c(-c2ccc(-c3ccc(-c4cccc(-c5cccc(-c6nc7cccnc7n6-c6ccccc6C)c5)c4)cc3)cc2)nc2cccnc21. The minimum absolute atomic E-state index is 0.847. The number of fused-ring (bicyclic) bond motifs is 2. The van der Waals surface area contributed by atoms with E-state index in [4.69, 9.17) is 19.9 Å². The van der Waals surface area contributed by atoms with Crippen LogP contribution in [0, 0.1) is 13.8 Å². The Hall–Kier alpha value is -7.44. The lowest BCUT2D eigenvalue weighted by atomic mass is 9.96. The van der Waals surface area contributed by atoms with Crippen molar-refractivity contribution < 1.29 is 0 Å². The maximum absolute atomic E-state index is 5.08. The first-order valence-corrected chi connectivity index (χ1v) is 18.8. The molecule has 0 unspecified atom stereocenters. The number of aromatic nitrogens is 6. The van der Waals surface area contributed by atoms with Crippen LogP contribution < -0.4 is 0 Å². The van der Waals surface area contributed by atoms with Crippen LogP contribution in [0.25, 0.3) is 89.9 Å². The van der Waals surface area contributed by atoms with Crippen molar-refractivity contribution in [2.45, 2.75) is 13.8 Å². The maximum Gasteiger partial charge on any atom is 0.164 e. The number of aryl methyl sites for hydroxylation is 2. The predicted octanol–water partition coefficient (Wildman–Crippen LogP) is 12.1. The molecule has 0 amide bonds.